The molecule has 4 rings (SSSR count). The van der Waals surface area contributed by atoms with Crippen molar-refractivity contribution in [2.24, 2.45) is 11.7 Å². The third kappa shape index (κ3) is 4.88. The lowest BCUT2D eigenvalue weighted by atomic mass is 9.98. The number of nitrogens with zero attached hydrogens (tertiary/aromatic N) is 2. The molecule has 2 aromatic carbocycles. The van der Waals surface area contributed by atoms with Gasteiger partial charge in [0.25, 0.3) is 0 Å². The molecule has 0 saturated carbocycles. The number of nitrogens with two attached hydrogens (primary N) is 1. The van der Waals surface area contributed by atoms with Gasteiger partial charge in [0.2, 0.25) is 0 Å². The molecule has 0 saturated heterocycles. The molecule has 0 fully saturated rings. The Kier molecular flexibility index (Phi) is 6.35. The first kappa shape index (κ1) is 21.4. The zero-order chi connectivity index (χ0) is 22.5. The van der Waals surface area contributed by atoms with E-state index in [0.717, 1.165) is 27.6 Å². The number of aromatic nitrogens is 2. The lowest BCUT2D eigenvalue weighted by molar-refractivity contribution is 0.0592. The average molecular weight is 431 g/mol. The van der Waals surface area contributed by atoms with Crippen LogP contribution in [0.1, 0.15) is 20.3 Å². The molecule has 0 unspecified atom stereocenters. The lowest BCUT2D eigenvalue weighted by Gasteiger charge is -2.20. The van der Waals surface area contributed by atoms with Crippen molar-refractivity contribution in [2.45, 2.75) is 26.4 Å². The number of amides is 1. The van der Waals surface area contributed by atoms with Crippen molar-refractivity contribution in [2.75, 3.05) is 6.61 Å². The number of hydrogen-bond donors (Lipinski definition) is 1. The fraction of sp³-hybridized carbons (Fsp3) is 0.240. The highest BCUT2D eigenvalue weighted by Crippen LogP contribution is 2.36. The normalized spacial score (nSPS) is 12.1. The number of rotatable bonds is 8. The van der Waals surface area contributed by atoms with E-state index < -0.39 is 12.2 Å². The van der Waals surface area contributed by atoms with E-state index >= 15 is 0 Å². The van der Waals surface area contributed by atoms with Crippen LogP contribution in [-0.2, 0) is 4.74 Å². The van der Waals surface area contributed by atoms with Gasteiger partial charge in [-0.25, -0.2) is 4.79 Å². The van der Waals surface area contributed by atoms with E-state index in [4.69, 9.17) is 19.7 Å². The molecule has 0 spiro atoms. The third-order valence-electron chi connectivity index (χ3n) is 5.08. The monoisotopic (exact) mass is 431 g/mol. The smallest absolute Gasteiger partial charge is 0.404 e. The van der Waals surface area contributed by atoms with E-state index in [9.17, 15) is 4.79 Å². The summed E-state index contributed by atoms with van der Waals surface area (Å²) >= 11 is 0. The van der Waals surface area contributed by atoms with Gasteiger partial charge in [0.1, 0.15) is 18.5 Å². The van der Waals surface area contributed by atoms with E-state index in [1.165, 1.54) is 0 Å². The molecule has 4 aromatic rings. The van der Waals surface area contributed by atoms with Gasteiger partial charge in [0.05, 0.1) is 17.3 Å². The molecule has 0 bridgehead atoms. The maximum atomic E-state index is 11.3. The second-order valence-electron chi connectivity index (χ2n) is 7.96. The molecule has 2 N–H and O–H groups in total. The Balaban J connectivity index is 1.69. The van der Waals surface area contributed by atoms with Crippen molar-refractivity contribution < 1.29 is 18.8 Å². The van der Waals surface area contributed by atoms with E-state index in [1.54, 1.807) is 18.5 Å². The van der Waals surface area contributed by atoms with E-state index in [1.807, 2.05) is 62.4 Å². The molecule has 1 atom stereocenters. The number of fused-ring (bicyclic) bond motifs is 1. The molecule has 7 heteroatoms. The first-order valence-corrected chi connectivity index (χ1v) is 10.5. The van der Waals surface area contributed by atoms with Crippen molar-refractivity contribution in [1.29, 1.82) is 0 Å². The molecule has 164 valence electrons. The molecular weight excluding hydrogens is 406 g/mol. The molecule has 2 aromatic heterocycles. The van der Waals surface area contributed by atoms with Crippen LogP contribution < -0.4 is 10.5 Å². The zero-order valence-corrected chi connectivity index (χ0v) is 18.0. The molecule has 0 aliphatic carbocycles. The SMILES string of the molecule is CC(C)C[C@@H](COc1ccc(-c2ccnc3ccccc23)cc1-c1ccno1)OC(N)=O. The minimum atomic E-state index is -0.811. The Labute approximate surface area is 186 Å². The van der Waals surface area contributed by atoms with Crippen molar-refractivity contribution in [3.63, 3.8) is 0 Å². The molecule has 32 heavy (non-hydrogen) atoms. The Morgan fingerprint density at radius 2 is 1.91 bits per heavy atom. The first-order chi connectivity index (χ1) is 15.5. The van der Waals surface area contributed by atoms with E-state index in [0.29, 0.717) is 23.8 Å². The number of primary amides is 1. The van der Waals surface area contributed by atoms with Crippen LogP contribution in [0.5, 0.6) is 5.75 Å². The van der Waals surface area contributed by atoms with Gasteiger partial charge < -0.3 is 19.7 Å². The van der Waals surface area contributed by atoms with Crippen molar-refractivity contribution in [3.8, 4) is 28.2 Å². The van der Waals surface area contributed by atoms with Crippen LogP contribution in [0.2, 0.25) is 0 Å². The van der Waals surface area contributed by atoms with Gasteiger partial charge in [0, 0.05) is 17.6 Å². The topological polar surface area (TPSA) is 100 Å². The fourth-order valence-electron chi connectivity index (χ4n) is 3.74. The summed E-state index contributed by atoms with van der Waals surface area (Å²) in [4.78, 5) is 15.7. The number of para-hydroxylation sites is 1. The van der Waals surface area contributed by atoms with Crippen LogP contribution >= 0.6 is 0 Å². The summed E-state index contributed by atoms with van der Waals surface area (Å²) in [5.41, 5.74) is 8.95. The number of hydrogen-bond acceptors (Lipinski definition) is 6. The van der Waals surface area contributed by atoms with Crippen molar-refractivity contribution >= 4 is 17.0 Å². The first-order valence-electron chi connectivity index (χ1n) is 10.5. The third-order valence-corrected chi connectivity index (χ3v) is 5.08. The highest BCUT2D eigenvalue weighted by molar-refractivity contribution is 5.95. The molecule has 2 heterocycles. The highest BCUT2D eigenvalue weighted by Gasteiger charge is 2.18. The number of benzene rings is 2. The molecule has 7 nitrogen and oxygen atoms in total. The second kappa shape index (κ2) is 9.51. The summed E-state index contributed by atoms with van der Waals surface area (Å²) < 4.78 is 16.7. The molecule has 0 aliphatic rings. The van der Waals surface area contributed by atoms with Gasteiger partial charge >= 0.3 is 6.09 Å². The van der Waals surface area contributed by atoms with Gasteiger partial charge in [-0.3, -0.25) is 4.98 Å². The lowest BCUT2D eigenvalue weighted by Crippen LogP contribution is -2.29. The van der Waals surface area contributed by atoms with Crippen LogP contribution in [-0.4, -0.2) is 28.9 Å². The standard InChI is InChI=1S/C25H25N3O4/c1-16(2)13-18(31-25(26)29)15-30-23-8-7-17(14-21(23)24-10-12-28-32-24)19-9-11-27-22-6-4-3-5-20(19)22/h3-12,14,16,18H,13,15H2,1-2H3,(H2,26,29)/t18-/m0/s1. The van der Waals surface area contributed by atoms with Gasteiger partial charge in [-0.2, -0.15) is 0 Å². The predicted molar refractivity (Wildman–Crippen MR) is 122 cm³/mol. The van der Waals surface area contributed by atoms with Crippen LogP contribution in [0.25, 0.3) is 33.4 Å². The van der Waals surface area contributed by atoms with E-state index in [2.05, 4.69) is 10.1 Å². The number of carbonyl (C=O) groups is 1. The van der Waals surface area contributed by atoms with E-state index in [-0.39, 0.29) is 6.61 Å². The summed E-state index contributed by atoms with van der Waals surface area (Å²) in [6.07, 6.45) is 2.77. The van der Waals surface area contributed by atoms with Crippen LogP contribution in [0.4, 0.5) is 4.79 Å². The summed E-state index contributed by atoms with van der Waals surface area (Å²) in [5, 5.41) is 4.89. The largest absolute Gasteiger partial charge is 0.489 e. The Morgan fingerprint density at radius 1 is 1.06 bits per heavy atom. The Bertz CT molecular complexity index is 1200. The van der Waals surface area contributed by atoms with Gasteiger partial charge in [-0.15, -0.1) is 0 Å². The Morgan fingerprint density at radius 3 is 2.66 bits per heavy atom. The van der Waals surface area contributed by atoms with Crippen LogP contribution in [0.3, 0.4) is 0 Å². The maximum Gasteiger partial charge on any atom is 0.404 e. The molecule has 1 amide bonds. The van der Waals surface area contributed by atoms with Crippen LogP contribution in [0.15, 0.2) is 71.5 Å². The van der Waals surface area contributed by atoms with Crippen molar-refractivity contribution in [3.05, 3.63) is 67.0 Å². The second-order valence-corrected chi connectivity index (χ2v) is 7.96. The molecule has 0 radical (unpaired) electrons. The summed E-state index contributed by atoms with van der Waals surface area (Å²) in [6, 6.07) is 17.7. The quantitative estimate of drug-likeness (QED) is 0.398. The number of pyridine rings is 1. The minimum absolute atomic E-state index is 0.180. The summed E-state index contributed by atoms with van der Waals surface area (Å²) in [6.45, 7) is 4.27. The molecule has 0 aliphatic heterocycles. The van der Waals surface area contributed by atoms with Gasteiger partial charge in [-0.1, -0.05) is 43.3 Å². The Hall–Kier alpha value is -3.87. The summed E-state index contributed by atoms with van der Waals surface area (Å²) in [7, 11) is 0. The van der Waals surface area contributed by atoms with Gasteiger partial charge in [-0.05, 0) is 47.7 Å². The molecular formula is C25H25N3O4. The van der Waals surface area contributed by atoms with Crippen LogP contribution in [0, 0.1) is 5.92 Å². The fourth-order valence-corrected chi connectivity index (χ4v) is 3.74. The minimum Gasteiger partial charge on any atom is -0.489 e. The summed E-state index contributed by atoms with van der Waals surface area (Å²) in [5.74, 6) is 1.50. The predicted octanol–water partition coefficient (Wildman–Crippen LogP) is 5.45. The zero-order valence-electron chi connectivity index (χ0n) is 18.0. The number of carbonyl (C=O) groups excluding carboxylic acids is 1. The maximum absolute atomic E-state index is 11.3. The highest BCUT2D eigenvalue weighted by atomic mass is 16.6. The average Bonchev–Trinajstić information content (AvgIpc) is 3.31. The van der Waals surface area contributed by atoms with Crippen molar-refractivity contribution in [1.82, 2.24) is 10.1 Å². The van der Waals surface area contributed by atoms with Gasteiger partial charge in [0.15, 0.2) is 5.76 Å². The number of ether oxygens (including phenoxy) is 2.